The number of carbonyl (C=O) groups is 1. The third-order valence-corrected chi connectivity index (χ3v) is 6.41. The Morgan fingerprint density at radius 2 is 1.59 bits per heavy atom. The molecule has 0 saturated carbocycles. The molecule has 0 aliphatic carbocycles. The lowest BCUT2D eigenvalue weighted by Gasteiger charge is -2.15. The summed E-state index contributed by atoms with van der Waals surface area (Å²) in [4.78, 5) is 12.8. The molecule has 10 heteroatoms. The summed E-state index contributed by atoms with van der Waals surface area (Å²) in [5.74, 6) is -0.736. The molecule has 3 aromatic rings. The minimum absolute atomic E-state index is 0.0492. The minimum Gasteiger partial charge on any atom is -0.321 e. The van der Waals surface area contributed by atoms with Crippen LogP contribution in [0.1, 0.15) is 27.0 Å². The Kier molecular flexibility index (Phi) is 6.52. The van der Waals surface area contributed by atoms with Gasteiger partial charge in [0, 0.05) is 5.56 Å². The van der Waals surface area contributed by atoms with Crippen LogP contribution in [0, 0.1) is 13.8 Å². The third-order valence-electron chi connectivity index (χ3n) is 4.70. The summed E-state index contributed by atoms with van der Waals surface area (Å²) >= 11 is 5.94. The number of amides is 1. The molecule has 32 heavy (non-hydrogen) atoms. The zero-order chi connectivity index (χ0) is 23.7. The van der Waals surface area contributed by atoms with E-state index in [-0.39, 0.29) is 26.9 Å². The Bertz CT molecular complexity index is 1270. The lowest BCUT2D eigenvalue weighted by Crippen LogP contribution is -2.18. The van der Waals surface area contributed by atoms with E-state index in [1.807, 2.05) is 6.92 Å². The fraction of sp³-hybridized carbons (Fsp3) is 0.136. The van der Waals surface area contributed by atoms with Gasteiger partial charge in [0.2, 0.25) is 0 Å². The van der Waals surface area contributed by atoms with Gasteiger partial charge < -0.3 is 5.32 Å². The van der Waals surface area contributed by atoms with Crippen molar-refractivity contribution in [3.8, 4) is 0 Å². The molecule has 0 unspecified atom stereocenters. The molecular formula is C22H18ClF3N2O3S. The van der Waals surface area contributed by atoms with Gasteiger partial charge in [-0.1, -0.05) is 35.4 Å². The maximum absolute atomic E-state index is 13.0. The molecule has 5 nitrogen and oxygen atoms in total. The number of rotatable bonds is 5. The van der Waals surface area contributed by atoms with Gasteiger partial charge in [-0.05, 0) is 61.9 Å². The number of hydrogen-bond donors (Lipinski definition) is 2. The van der Waals surface area contributed by atoms with E-state index in [0.29, 0.717) is 5.56 Å². The first-order valence-corrected chi connectivity index (χ1v) is 11.1. The van der Waals surface area contributed by atoms with Crippen LogP contribution in [0.5, 0.6) is 0 Å². The first-order valence-electron chi connectivity index (χ1n) is 9.26. The van der Waals surface area contributed by atoms with Crippen molar-refractivity contribution >= 4 is 38.9 Å². The smallest absolute Gasteiger partial charge is 0.321 e. The van der Waals surface area contributed by atoms with Crippen molar-refractivity contribution in [2.24, 2.45) is 0 Å². The van der Waals surface area contributed by atoms with E-state index >= 15 is 0 Å². The summed E-state index contributed by atoms with van der Waals surface area (Å²) in [5.41, 5.74) is 0.247. The van der Waals surface area contributed by atoms with E-state index in [0.717, 1.165) is 23.8 Å². The van der Waals surface area contributed by atoms with Crippen molar-refractivity contribution in [2.75, 3.05) is 10.0 Å². The van der Waals surface area contributed by atoms with Crippen molar-refractivity contribution in [2.45, 2.75) is 24.9 Å². The van der Waals surface area contributed by atoms with E-state index in [4.69, 9.17) is 11.6 Å². The number of anilines is 2. The molecule has 3 aromatic carbocycles. The molecule has 0 aliphatic heterocycles. The van der Waals surface area contributed by atoms with Crippen molar-refractivity contribution in [3.05, 3.63) is 87.9 Å². The average molecular weight is 483 g/mol. The standard InChI is InChI=1S/C22H18ClF3N2O3S/c1-13-6-9-16(10-7-13)32(30,31)28-19-5-3-4-17(14(19)2)21(29)27-20-12-15(22(24,25)26)8-11-18(20)23/h3-12,28H,1-2H3,(H,27,29). The number of carbonyl (C=O) groups excluding carboxylic acids is 1. The van der Waals surface area contributed by atoms with Gasteiger partial charge in [0.1, 0.15) is 0 Å². The number of hydrogen-bond acceptors (Lipinski definition) is 3. The number of benzene rings is 3. The van der Waals surface area contributed by atoms with Crippen molar-refractivity contribution in [3.63, 3.8) is 0 Å². The topological polar surface area (TPSA) is 75.3 Å². The summed E-state index contributed by atoms with van der Waals surface area (Å²) in [5, 5.41) is 2.29. The quantitative estimate of drug-likeness (QED) is 0.466. The highest BCUT2D eigenvalue weighted by Gasteiger charge is 2.31. The van der Waals surface area contributed by atoms with Crippen LogP contribution in [-0.2, 0) is 16.2 Å². The Hall–Kier alpha value is -3.04. The van der Waals surface area contributed by atoms with Gasteiger partial charge in [-0.3, -0.25) is 9.52 Å². The van der Waals surface area contributed by atoms with Crippen molar-refractivity contribution < 1.29 is 26.4 Å². The molecule has 0 radical (unpaired) electrons. The van der Waals surface area contributed by atoms with Crippen molar-refractivity contribution in [1.29, 1.82) is 0 Å². The number of nitrogens with one attached hydrogen (secondary N) is 2. The SMILES string of the molecule is Cc1ccc(S(=O)(=O)Nc2cccc(C(=O)Nc3cc(C(F)(F)F)ccc3Cl)c2C)cc1. The molecule has 0 atom stereocenters. The Morgan fingerprint density at radius 1 is 0.938 bits per heavy atom. The largest absolute Gasteiger partial charge is 0.416 e. The maximum Gasteiger partial charge on any atom is 0.416 e. The highest BCUT2D eigenvalue weighted by atomic mass is 35.5. The first kappa shape index (κ1) is 23.6. The van der Waals surface area contributed by atoms with Crippen LogP contribution in [0.25, 0.3) is 0 Å². The number of aryl methyl sites for hydroxylation is 1. The van der Waals surface area contributed by atoms with Gasteiger partial charge in [0.15, 0.2) is 0 Å². The summed E-state index contributed by atoms with van der Waals surface area (Å²) in [7, 11) is -3.91. The first-order chi connectivity index (χ1) is 14.9. The number of sulfonamides is 1. The highest BCUT2D eigenvalue weighted by molar-refractivity contribution is 7.92. The second-order valence-electron chi connectivity index (χ2n) is 7.04. The zero-order valence-electron chi connectivity index (χ0n) is 16.9. The van der Waals surface area contributed by atoms with E-state index in [2.05, 4.69) is 10.0 Å². The maximum atomic E-state index is 13.0. The molecule has 0 bridgehead atoms. The average Bonchev–Trinajstić information content (AvgIpc) is 2.70. The summed E-state index contributed by atoms with van der Waals surface area (Å²) in [6.45, 7) is 3.35. The second-order valence-corrected chi connectivity index (χ2v) is 9.13. The minimum atomic E-state index is -4.60. The van der Waals surface area contributed by atoms with Gasteiger partial charge in [-0.25, -0.2) is 8.42 Å². The molecule has 0 saturated heterocycles. The molecule has 3 rings (SSSR count). The second kappa shape index (κ2) is 8.84. The molecular weight excluding hydrogens is 465 g/mol. The normalized spacial score (nSPS) is 11.8. The van der Waals surface area contributed by atoms with Crippen LogP contribution < -0.4 is 10.0 Å². The van der Waals surface area contributed by atoms with Crippen LogP contribution in [0.3, 0.4) is 0 Å². The van der Waals surface area contributed by atoms with Crippen molar-refractivity contribution in [1.82, 2.24) is 0 Å². The number of alkyl halides is 3. The lowest BCUT2D eigenvalue weighted by atomic mass is 10.1. The van der Waals surface area contributed by atoms with Gasteiger partial charge in [0.25, 0.3) is 15.9 Å². The molecule has 0 heterocycles. The highest BCUT2D eigenvalue weighted by Crippen LogP contribution is 2.34. The molecule has 168 valence electrons. The summed E-state index contributed by atoms with van der Waals surface area (Å²) in [6.07, 6.45) is -4.60. The number of halogens is 4. The third kappa shape index (κ3) is 5.23. The summed E-state index contributed by atoms with van der Waals surface area (Å²) < 4.78 is 66.7. The fourth-order valence-corrected chi connectivity index (χ4v) is 4.19. The van der Waals surface area contributed by atoms with Gasteiger partial charge in [0.05, 0.1) is 26.9 Å². The van der Waals surface area contributed by atoms with Gasteiger partial charge in [-0.2, -0.15) is 13.2 Å². The molecule has 2 N–H and O–H groups in total. The summed E-state index contributed by atoms with van der Waals surface area (Å²) in [6, 6.07) is 13.2. The molecule has 0 fully saturated rings. The predicted octanol–water partition coefficient (Wildman–Crippen LogP) is 6.03. The Balaban J connectivity index is 1.89. The molecule has 0 spiro atoms. The van der Waals surface area contributed by atoms with E-state index in [9.17, 15) is 26.4 Å². The van der Waals surface area contributed by atoms with E-state index in [1.54, 1.807) is 12.1 Å². The van der Waals surface area contributed by atoms with E-state index < -0.39 is 27.7 Å². The molecule has 1 amide bonds. The Labute approximate surface area is 188 Å². The lowest BCUT2D eigenvalue weighted by molar-refractivity contribution is -0.137. The predicted molar refractivity (Wildman–Crippen MR) is 118 cm³/mol. The monoisotopic (exact) mass is 482 g/mol. The molecule has 0 aliphatic rings. The fourth-order valence-electron chi connectivity index (χ4n) is 2.90. The Morgan fingerprint density at radius 3 is 2.22 bits per heavy atom. The van der Waals surface area contributed by atoms with Crippen LogP contribution in [-0.4, -0.2) is 14.3 Å². The van der Waals surface area contributed by atoms with Crippen LogP contribution in [0.2, 0.25) is 5.02 Å². The van der Waals surface area contributed by atoms with Crippen LogP contribution >= 0.6 is 11.6 Å². The zero-order valence-corrected chi connectivity index (χ0v) is 18.5. The van der Waals surface area contributed by atoms with Gasteiger partial charge >= 0.3 is 6.18 Å². The van der Waals surface area contributed by atoms with Crippen LogP contribution in [0.4, 0.5) is 24.5 Å². The van der Waals surface area contributed by atoms with E-state index in [1.165, 1.54) is 37.3 Å². The van der Waals surface area contributed by atoms with Gasteiger partial charge in [-0.15, -0.1) is 0 Å². The van der Waals surface area contributed by atoms with Crippen LogP contribution in [0.15, 0.2) is 65.6 Å². The molecule has 0 aromatic heterocycles.